The quantitative estimate of drug-likeness (QED) is 0.699. The van der Waals surface area contributed by atoms with E-state index in [9.17, 15) is 5.11 Å². The van der Waals surface area contributed by atoms with Crippen molar-refractivity contribution in [3.63, 3.8) is 0 Å². The Hall–Kier alpha value is -1.48. The van der Waals surface area contributed by atoms with Crippen LogP contribution in [0.3, 0.4) is 0 Å². The molecule has 0 aliphatic rings. The highest BCUT2D eigenvalue weighted by atomic mass is 16.4. The van der Waals surface area contributed by atoms with E-state index in [-0.39, 0.29) is 5.75 Å². The summed E-state index contributed by atoms with van der Waals surface area (Å²) >= 11 is 0. The highest BCUT2D eigenvalue weighted by Crippen LogP contribution is 2.29. The fraction of sp³-hybridized carbons (Fsp3) is 0.200. The highest BCUT2D eigenvalue weighted by Gasteiger charge is 2.08. The van der Waals surface area contributed by atoms with Crippen LogP contribution in [0.4, 0.5) is 0 Å². The van der Waals surface area contributed by atoms with Gasteiger partial charge in [0.2, 0.25) is 0 Å². The molecule has 0 spiro atoms. The molecule has 2 aromatic rings. The Balaban J connectivity index is 2.80. The van der Waals surface area contributed by atoms with Crippen molar-refractivity contribution in [3.05, 3.63) is 29.5 Å². The summed E-state index contributed by atoms with van der Waals surface area (Å²) in [5, 5.41) is 10.4. The van der Waals surface area contributed by atoms with E-state index >= 15 is 0 Å². The third kappa shape index (κ3) is 1.17. The van der Waals surface area contributed by atoms with Crippen LogP contribution in [-0.4, -0.2) is 5.11 Å². The zero-order chi connectivity index (χ0) is 9.42. The maximum atomic E-state index is 9.47. The fourth-order valence-electron chi connectivity index (χ4n) is 1.40. The minimum atomic E-state index is 0.167. The van der Waals surface area contributed by atoms with Crippen LogP contribution in [0.25, 0.3) is 11.0 Å². The number of nitrogens with two attached hydrogens (primary N) is 1. The predicted octanol–water partition coefficient (Wildman–Crippen LogP) is 1.91. The summed E-state index contributed by atoms with van der Waals surface area (Å²) in [4.78, 5) is 0. The van der Waals surface area contributed by atoms with Crippen molar-refractivity contribution in [3.8, 4) is 5.75 Å². The summed E-state index contributed by atoms with van der Waals surface area (Å²) in [5.41, 5.74) is 7.05. The zero-order valence-corrected chi connectivity index (χ0v) is 7.37. The van der Waals surface area contributed by atoms with Crippen molar-refractivity contribution < 1.29 is 9.52 Å². The third-order valence-electron chi connectivity index (χ3n) is 2.13. The van der Waals surface area contributed by atoms with E-state index in [1.807, 2.05) is 19.1 Å². The van der Waals surface area contributed by atoms with Crippen LogP contribution in [0.15, 0.2) is 22.6 Å². The number of phenolic OH excluding ortho intramolecular Hbond substituents is 1. The average Bonchev–Trinajstić information content (AvgIpc) is 2.56. The van der Waals surface area contributed by atoms with Gasteiger partial charge in [0, 0.05) is 5.39 Å². The molecule has 1 aromatic carbocycles. The number of benzene rings is 1. The second-order valence-corrected chi connectivity index (χ2v) is 3.06. The summed E-state index contributed by atoms with van der Waals surface area (Å²) in [6.07, 6.45) is 0. The molecule has 0 bridgehead atoms. The summed E-state index contributed by atoms with van der Waals surface area (Å²) < 4.78 is 5.35. The molecule has 1 heterocycles. The van der Waals surface area contributed by atoms with E-state index in [2.05, 4.69) is 0 Å². The Bertz CT molecular complexity index is 406. The van der Waals surface area contributed by atoms with E-state index in [1.54, 1.807) is 6.07 Å². The van der Waals surface area contributed by atoms with Gasteiger partial charge in [-0.25, -0.2) is 0 Å². The third-order valence-corrected chi connectivity index (χ3v) is 2.13. The lowest BCUT2D eigenvalue weighted by molar-refractivity contribution is 0.458. The maximum absolute atomic E-state index is 9.47. The molecule has 68 valence electrons. The van der Waals surface area contributed by atoms with Gasteiger partial charge in [-0.1, -0.05) is 6.07 Å². The lowest BCUT2D eigenvalue weighted by Crippen LogP contribution is -1.92. The van der Waals surface area contributed by atoms with E-state index < -0.39 is 0 Å². The molecule has 1 aromatic heterocycles. The van der Waals surface area contributed by atoms with Crippen LogP contribution in [-0.2, 0) is 6.54 Å². The van der Waals surface area contributed by atoms with Gasteiger partial charge in [0.05, 0.1) is 6.54 Å². The van der Waals surface area contributed by atoms with Gasteiger partial charge in [-0.2, -0.15) is 0 Å². The Morgan fingerprint density at radius 3 is 2.85 bits per heavy atom. The molecule has 0 amide bonds. The molecule has 3 N–H and O–H groups in total. The predicted molar refractivity (Wildman–Crippen MR) is 50.5 cm³/mol. The van der Waals surface area contributed by atoms with E-state index in [4.69, 9.17) is 10.2 Å². The molecule has 0 aliphatic carbocycles. The smallest absolute Gasteiger partial charge is 0.176 e. The molecule has 0 aliphatic heterocycles. The van der Waals surface area contributed by atoms with Gasteiger partial charge in [-0.3, -0.25) is 0 Å². The first-order chi connectivity index (χ1) is 6.22. The number of phenols is 1. The molecular formula is C10H11NO2. The molecule has 0 radical (unpaired) electrons. The number of furan rings is 1. The van der Waals surface area contributed by atoms with Gasteiger partial charge in [0.15, 0.2) is 11.3 Å². The lowest BCUT2D eigenvalue weighted by atomic mass is 10.1. The van der Waals surface area contributed by atoms with E-state index in [0.29, 0.717) is 17.9 Å². The first kappa shape index (κ1) is 8.13. The van der Waals surface area contributed by atoms with Crippen molar-refractivity contribution >= 4 is 11.0 Å². The minimum absolute atomic E-state index is 0.167. The Kier molecular flexibility index (Phi) is 1.74. The molecule has 13 heavy (non-hydrogen) atoms. The van der Waals surface area contributed by atoms with Crippen LogP contribution < -0.4 is 5.73 Å². The Morgan fingerprint density at radius 2 is 2.23 bits per heavy atom. The van der Waals surface area contributed by atoms with Crippen LogP contribution in [0, 0.1) is 6.92 Å². The molecule has 0 atom stereocenters. The largest absolute Gasteiger partial charge is 0.504 e. The minimum Gasteiger partial charge on any atom is -0.504 e. The van der Waals surface area contributed by atoms with E-state index in [0.717, 1.165) is 10.9 Å². The molecule has 2 rings (SSSR count). The summed E-state index contributed by atoms with van der Waals surface area (Å²) in [6, 6.07) is 5.35. The molecule has 0 saturated carbocycles. The second kappa shape index (κ2) is 2.78. The lowest BCUT2D eigenvalue weighted by Gasteiger charge is -1.95. The molecule has 3 nitrogen and oxygen atoms in total. The number of rotatable bonds is 1. The van der Waals surface area contributed by atoms with Crippen molar-refractivity contribution in [2.24, 2.45) is 5.73 Å². The molecule has 0 unspecified atom stereocenters. The standard InChI is InChI=1S/C10H11NO2/c1-6-2-3-9(12)10-8(6)4-7(5-11)13-10/h2-4,12H,5,11H2,1H3. The van der Waals surface area contributed by atoms with Crippen molar-refractivity contribution in [1.82, 2.24) is 0 Å². The van der Waals surface area contributed by atoms with Crippen LogP contribution in [0.1, 0.15) is 11.3 Å². The Morgan fingerprint density at radius 1 is 1.46 bits per heavy atom. The number of fused-ring (bicyclic) bond motifs is 1. The number of aromatic hydroxyl groups is 1. The molecule has 0 saturated heterocycles. The van der Waals surface area contributed by atoms with Crippen molar-refractivity contribution in [1.29, 1.82) is 0 Å². The highest BCUT2D eigenvalue weighted by molar-refractivity contribution is 5.86. The molecular weight excluding hydrogens is 166 g/mol. The monoisotopic (exact) mass is 177 g/mol. The van der Waals surface area contributed by atoms with E-state index in [1.165, 1.54) is 0 Å². The van der Waals surface area contributed by atoms with Crippen molar-refractivity contribution in [2.75, 3.05) is 0 Å². The topological polar surface area (TPSA) is 59.4 Å². The van der Waals surface area contributed by atoms with Gasteiger partial charge < -0.3 is 15.3 Å². The normalized spacial score (nSPS) is 10.9. The van der Waals surface area contributed by atoms with Gasteiger partial charge in [0.1, 0.15) is 5.76 Å². The van der Waals surface area contributed by atoms with Gasteiger partial charge >= 0.3 is 0 Å². The summed E-state index contributed by atoms with van der Waals surface area (Å²) in [5.74, 6) is 0.861. The summed E-state index contributed by atoms with van der Waals surface area (Å²) in [6.45, 7) is 2.32. The van der Waals surface area contributed by atoms with Crippen molar-refractivity contribution in [2.45, 2.75) is 13.5 Å². The fourth-order valence-corrected chi connectivity index (χ4v) is 1.40. The Labute approximate surface area is 75.8 Å². The number of hydrogen-bond acceptors (Lipinski definition) is 3. The second-order valence-electron chi connectivity index (χ2n) is 3.06. The number of aryl methyl sites for hydroxylation is 1. The van der Waals surface area contributed by atoms with Gasteiger partial charge in [0.25, 0.3) is 0 Å². The van der Waals surface area contributed by atoms with Crippen LogP contribution in [0.5, 0.6) is 5.75 Å². The maximum Gasteiger partial charge on any atom is 0.176 e. The SMILES string of the molecule is Cc1ccc(O)c2oc(CN)cc12. The summed E-state index contributed by atoms with van der Waals surface area (Å²) in [7, 11) is 0. The number of hydrogen-bond donors (Lipinski definition) is 2. The molecule has 3 heteroatoms. The van der Waals surface area contributed by atoms with Gasteiger partial charge in [-0.05, 0) is 24.6 Å². The first-order valence-corrected chi connectivity index (χ1v) is 4.13. The van der Waals surface area contributed by atoms with Crippen LogP contribution in [0.2, 0.25) is 0 Å². The molecule has 0 fully saturated rings. The first-order valence-electron chi connectivity index (χ1n) is 4.13. The van der Waals surface area contributed by atoms with Gasteiger partial charge in [-0.15, -0.1) is 0 Å². The van der Waals surface area contributed by atoms with Crippen LogP contribution >= 0.6 is 0 Å². The zero-order valence-electron chi connectivity index (χ0n) is 7.37. The average molecular weight is 177 g/mol.